The van der Waals surface area contributed by atoms with Crippen LogP contribution in [0, 0.1) is 0 Å². The Kier molecular flexibility index (Phi) is 5.57. The predicted octanol–water partition coefficient (Wildman–Crippen LogP) is 2.89. The molecule has 0 unspecified atom stereocenters. The zero-order valence-electron chi connectivity index (χ0n) is 14.4. The monoisotopic (exact) mass is 341 g/mol. The van der Waals surface area contributed by atoms with Crippen LogP contribution in [0.5, 0.6) is 11.5 Å². The fourth-order valence-electron chi connectivity index (χ4n) is 2.58. The smallest absolute Gasteiger partial charge is 0.211 e. The Balaban J connectivity index is 1.86. The Labute approximate surface area is 139 Å². The van der Waals surface area contributed by atoms with Crippen molar-refractivity contribution in [2.24, 2.45) is 0 Å². The molecule has 1 aliphatic rings. The maximum Gasteiger partial charge on any atom is 0.211 e. The average Bonchev–Trinajstić information content (AvgIpc) is 2.77. The SMILES string of the molecule is CC[C@H](C)NS(=O)(=O)CCCOc1cccc2c1OC(C)(C)C2. The van der Waals surface area contributed by atoms with Gasteiger partial charge in [0.05, 0.1) is 12.4 Å². The molecular formula is C17H27NO4S. The summed E-state index contributed by atoms with van der Waals surface area (Å²) in [6.07, 6.45) is 2.07. The second kappa shape index (κ2) is 7.09. The van der Waals surface area contributed by atoms with Crippen molar-refractivity contribution in [3.63, 3.8) is 0 Å². The zero-order valence-corrected chi connectivity index (χ0v) is 15.2. The van der Waals surface area contributed by atoms with Crippen LogP contribution in [0.15, 0.2) is 18.2 Å². The summed E-state index contributed by atoms with van der Waals surface area (Å²) in [5.41, 5.74) is 0.921. The van der Waals surface area contributed by atoms with Crippen LogP contribution in [0.4, 0.5) is 0 Å². The number of sulfonamides is 1. The second-order valence-electron chi connectivity index (χ2n) is 6.73. The summed E-state index contributed by atoms with van der Waals surface area (Å²) < 4.78 is 38.1. The molecule has 6 heteroatoms. The summed E-state index contributed by atoms with van der Waals surface area (Å²) in [6, 6.07) is 5.82. The number of ether oxygens (including phenoxy) is 2. The fourth-order valence-corrected chi connectivity index (χ4v) is 3.98. The molecule has 0 aromatic heterocycles. The minimum Gasteiger partial charge on any atom is -0.490 e. The average molecular weight is 341 g/mol. The van der Waals surface area contributed by atoms with Crippen molar-refractivity contribution in [2.45, 2.75) is 58.6 Å². The van der Waals surface area contributed by atoms with E-state index in [4.69, 9.17) is 9.47 Å². The number of rotatable bonds is 8. The first kappa shape index (κ1) is 18.1. The molecule has 1 aliphatic heterocycles. The molecule has 1 aromatic carbocycles. The molecule has 0 aliphatic carbocycles. The number of benzene rings is 1. The van der Waals surface area contributed by atoms with Crippen molar-refractivity contribution in [3.8, 4) is 11.5 Å². The normalized spacial score (nSPS) is 17.4. The van der Waals surface area contributed by atoms with Crippen LogP contribution in [0.1, 0.15) is 46.1 Å². The van der Waals surface area contributed by atoms with Gasteiger partial charge in [0, 0.05) is 18.0 Å². The van der Waals surface area contributed by atoms with Crippen LogP contribution < -0.4 is 14.2 Å². The van der Waals surface area contributed by atoms with Gasteiger partial charge in [-0.1, -0.05) is 19.1 Å². The first-order chi connectivity index (χ1) is 10.7. The Morgan fingerprint density at radius 3 is 2.83 bits per heavy atom. The molecule has 1 aromatic rings. The number of para-hydroxylation sites is 1. The Morgan fingerprint density at radius 2 is 2.13 bits per heavy atom. The molecular weight excluding hydrogens is 314 g/mol. The summed E-state index contributed by atoms with van der Waals surface area (Å²) in [4.78, 5) is 0. The number of fused-ring (bicyclic) bond motifs is 1. The van der Waals surface area contributed by atoms with E-state index in [1.807, 2.05) is 45.9 Å². The molecule has 2 rings (SSSR count). The van der Waals surface area contributed by atoms with Gasteiger partial charge in [0.25, 0.3) is 0 Å². The fraction of sp³-hybridized carbons (Fsp3) is 0.647. The van der Waals surface area contributed by atoms with E-state index < -0.39 is 10.0 Å². The van der Waals surface area contributed by atoms with Gasteiger partial charge in [-0.15, -0.1) is 0 Å². The third kappa shape index (κ3) is 5.11. The van der Waals surface area contributed by atoms with E-state index in [2.05, 4.69) is 4.72 Å². The number of hydrogen-bond donors (Lipinski definition) is 1. The number of nitrogens with one attached hydrogen (secondary N) is 1. The highest BCUT2D eigenvalue weighted by molar-refractivity contribution is 7.89. The molecule has 0 bridgehead atoms. The van der Waals surface area contributed by atoms with E-state index in [0.717, 1.165) is 24.2 Å². The van der Waals surface area contributed by atoms with E-state index in [1.54, 1.807) is 0 Å². The van der Waals surface area contributed by atoms with Gasteiger partial charge in [0.1, 0.15) is 5.60 Å². The van der Waals surface area contributed by atoms with Crippen LogP contribution in [0.3, 0.4) is 0 Å². The summed E-state index contributed by atoms with van der Waals surface area (Å²) >= 11 is 0. The standard InChI is InChI=1S/C17H27NO4S/c1-5-13(2)18-23(19,20)11-7-10-21-15-9-6-8-14-12-17(3,4)22-16(14)15/h6,8-9,13,18H,5,7,10-12H2,1-4H3/t13-/m0/s1. The van der Waals surface area contributed by atoms with Gasteiger partial charge >= 0.3 is 0 Å². The van der Waals surface area contributed by atoms with Crippen molar-refractivity contribution in [3.05, 3.63) is 23.8 Å². The van der Waals surface area contributed by atoms with Crippen molar-refractivity contribution in [2.75, 3.05) is 12.4 Å². The lowest BCUT2D eigenvalue weighted by atomic mass is 10.0. The first-order valence-electron chi connectivity index (χ1n) is 8.16. The molecule has 1 N–H and O–H groups in total. The summed E-state index contributed by atoms with van der Waals surface area (Å²) in [7, 11) is -3.24. The maximum absolute atomic E-state index is 11.9. The molecule has 5 nitrogen and oxygen atoms in total. The summed E-state index contributed by atoms with van der Waals surface area (Å²) in [5.74, 6) is 1.55. The van der Waals surface area contributed by atoms with Gasteiger partial charge in [0.15, 0.2) is 11.5 Å². The van der Waals surface area contributed by atoms with Crippen LogP contribution in [-0.2, 0) is 16.4 Å². The molecule has 0 radical (unpaired) electrons. The van der Waals surface area contributed by atoms with Crippen molar-refractivity contribution in [1.29, 1.82) is 0 Å². The Hall–Kier alpha value is -1.27. The highest BCUT2D eigenvalue weighted by atomic mass is 32.2. The molecule has 0 spiro atoms. The molecule has 130 valence electrons. The van der Waals surface area contributed by atoms with Crippen LogP contribution in [0.25, 0.3) is 0 Å². The number of hydrogen-bond acceptors (Lipinski definition) is 4. The highest BCUT2D eigenvalue weighted by Gasteiger charge is 2.32. The van der Waals surface area contributed by atoms with Crippen molar-refractivity contribution < 1.29 is 17.9 Å². The van der Waals surface area contributed by atoms with Crippen LogP contribution in [0.2, 0.25) is 0 Å². The van der Waals surface area contributed by atoms with Crippen molar-refractivity contribution >= 4 is 10.0 Å². The van der Waals surface area contributed by atoms with Gasteiger partial charge in [0.2, 0.25) is 10.0 Å². The second-order valence-corrected chi connectivity index (χ2v) is 8.60. The molecule has 0 saturated carbocycles. The Bertz CT molecular complexity index is 640. The van der Waals surface area contributed by atoms with E-state index >= 15 is 0 Å². The van der Waals surface area contributed by atoms with Gasteiger partial charge in [-0.3, -0.25) is 0 Å². The van der Waals surface area contributed by atoms with Gasteiger partial charge in [-0.25, -0.2) is 13.1 Å². The molecule has 0 fully saturated rings. The molecule has 1 heterocycles. The largest absolute Gasteiger partial charge is 0.490 e. The van der Waals surface area contributed by atoms with Gasteiger partial charge in [-0.2, -0.15) is 0 Å². The van der Waals surface area contributed by atoms with E-state index in [9.17, 15) is 8.42 Å². The van der Waals surface area contributed by atoms with Crippen molar-refractivity contribution in [1.82, 2.24) is 4.72 Å². The topological polar surface area (TPSA) is 64.6 Å². The van der Waals surface area contributed by atoms with Gasteiger partial charge in [-0.05, 0) is 39.7 Å². The molecule has 23 heavy (non-hydrogen) atoms. The third-order valence-corrected chi connectivity index (χ3v) is 5.45. The van der Waals surface area contributed by atoms with Crippen LogP contribution in [-0.4, -0.2) is 32.4 Å². The first-order valence-corrected chi connectivity index (χ1v) is 9.81. The third-order valence-electron chi connectivity index (χ3n) is 3.86. The quantitative estimate of drug-likeness (QED) is 0.739. The van der Waals surface area contributed by atoms with E-state index in [1.165, 1.54) is 0 Å². The summed E-state index contributed by atoms with van der Waals surface area (Å²) in [5, 5.41) is 0. The summed E-state index contributed by atoms with van der Waals surface area (Å²) in [6.45, 7) is 8.25. The minimum absolute atomic E-state index is 0.0334. The molecule has 1 atom stereocenters. The van der Waals surface area contributed by atoms with E-state index in [0.29, 0.717) is 18.8 Å². The molecule has 0 amide bonds. The highest BCUT2D eigenvalue weighted by Crippen LogP contribution is 2.41. The van der Waals surface area contributed by atoms with Crippen LogP contribution >= 0.6 is 0 Å². The van der Waals surface area contributed by atoms with E-state index in [-0.39, 0.29) is 17.4 Å². The lowest BCUT2D eigenvalue weighted by Crippen LogP contribution is -2.34. The minimum atomic E-state index is -3.24. The van der Waals surface area contributed by atoms with Gasteiger partial charge < -0.3 is 9.47 Å². The lowest BCUT2D eigenvalue weighted by molar-refractivity contribution is 0.132. The lowest BCUT2D eigenvalue weighted by Gasteiger charge is -2.18. The predicted molar refractivity (Wildman–Crippen MR) is 91.6 cm³/mol. The zero-order chi connectivity index (χ0) is 17.1. The molecule has 0 saturated heterocycles. The maximum atomic E-state index is 11.9. The Morgan fingerprint density at radius 1 is 1.39 bits per heavy atom.